The van der Waals surface area contributed by atoms with Crippen LogP contribution in [0, 0.1) is 0 Å². The summed E-state index contributed by atoms with van der Waals surface area (Å²) in [6, 6.07) is 0. The van der Waals surface area contributed by atoms with Crippen molar-refractivity contribution in [1.82, 2.24) is 0 Å². The molecule has 0 saturated heterocycles. The molecule has 6 heteroatoms. The Morgan fingerprint density at radius 3 is 1.48 bits per heavy atom. The minimum atomic E-state index is -4.18. The summed E-state index contributed by atoms with van der Waals surface area (Å²) in [5.74, 6) is 0. The number of unbranched alkanes of at least 4 members (excludes halogenated alkanes) is 11. The molecular formula is C21H43NaO4S. The molecule has 1 N–H and O–H groups in total. The normalized spacial score (nSPS) is 13.9. The molecule has 0 bridgehead atoms. The molecule has 0 spiro atoms. The Morgan fingerprint density at radius 2 is 1.07 bits per heavy atom. The Morgan fingerprint density at radius 1 is 0.704 bits per heavy atom. The fourth-order valence-electron chi connectivity index (χ4n) is 3.43. The van der Waals surface area contributed by atoms with Crippen LogP contribution in [-0.4, -0.2) is 29.4 Å². The Balaban J connectivity index is 0. The smallest absolute Gasteiger partial charge is 0.748 e. The van der Waals surface area contributed by atoms with Crippen LogP contribution in [0.15, 0.2) is 0 Å². The zero-order valence-electron chi connectivity index (χ0n) is 18.3. The quantitative estimate of drug-likeness (QED) is 0.200. The summed E-state index contributed by atoms with van der Waals surface area (Å²) >= 11 is 0. The SMILES string of the molecule is CCCCCCCCCCCCC(CCCCCC(O)CC)S(=O)(=O)[O-].[Na+]. The van der Waals surface area contributed by atoms with Gasteiger partial charge in [-0.3, -0.25) is 0 Å². The van der Waals surface area contributed by atoms with Gasteiger partial charge < -0.3 is 9.66 Å². The topological polar surface area (TPSA) is 77.4 Å². The third-order valence-corrected chi connectivity index (χ3v) is 6.61. The summed E-state index contributed by atoms with van der Waals surface area (Å²) in [7, 11) is -4.18. The Hall–Kier alpha value is 0.870. The Kier molecular flexibility index (Phi) is 22.4. The van der Waals surface area contributed by atoms with Gasteiger partial charge in [0.15, 0.2) is 0 Å². The van der Waals surface area contributed by atoms with Crippen LogP contribution in [0.5, 0.6) is 0 Å². The summed E-state index contributed by atoms with van der Waals surface area (Å²) in [5, 5.41) is 8.79. The third-order valence-electron chi connectivity index (χ3n) is 5.32. The molecule has 0 aromatic rings. The van der Waals surface area contributed by atoms with Crippen molar-refractivity contribution in [3.05, 3.63) is 0 Å². The predicted molar refractivity (Wildman–Crippen MR) is 109 cm³/mol. The third kappa shape index (κ3) is 19.9. The van der Waals surface area contributed by atoms with E-state index in [4.69, 9.17) is 0 Å². The van der Waals surface area contributed by atoms with E-state index >= 15 is 0 Å². The van der Waals surface area contributed by atoms with Crippen molar-refractivity contribution >= 4 is 10.1 Å². The number of hydrogen-bond acceptors (Lipinski definition) is 4. The van der Waals surface area contributed by atoms with Crippen LogP contribution in [0.3, 0.4) is 0 Å². The summed E-state index contributed by atoms with van der Waals surface area (Å²) in [6.45, 7) is 4.18. The average molecular weight is 415 g/mol. The number of aliphatic hydroxyl groups excluding tert-OH is 1. The van der Waals surface area contributed by atoms with Crippen molar-refractivity contribution in [2.45, 2.75) is 134 Å². The number of rotatable bonds is 19. The molecule has 2 unspecified atom stereocenters. The van der Waals surface area contributed by atoms with Gasteiger partial charge in [-0.25, -0.2) is 8.42 Å². The zero-order chi connectivity index (χ0) is 19.7. The van der Waals surface area contributed by atoms with E-state index in [9.17, 15) is 18.1 Å². The zero-order valence-corrected chi connectivity index (χ0v) is 21.1. The first-order valence-electron chi connectivity index (χ1n) is 11.0. The molecule has 158 valence electrons. The van der Waals surface area contributed by atoms with Gasteiger partial charge in [-0.1, -0.05) is 97.3 Å². The number of hydrogen-bond donors (Lipinski definition) is 1. The van der Waals surface area contributed by atoms with E-state index in [1.807, 2.05) is 6.92 Å². The molecule has 0 heterocycles. The standard InChI is InChI=1S/C21H44O4S.Na/c1-3-5-6-7-8-9-10-11-12-15-18-21(26(23,24)25)19-16-13-14-17-20(22)4-2;/h20-22H,3-19H2,1-2H3,(H,23,24,25);/q;+1/p-1. The van der Waals surface area contributed by atoms with Crippen LogP contribution in [0.1, 0.15) is 123 Å². The maximum atomic E-state index is 11.4. The van der Waals surface area contributed by atoms with Gasteiger partial charge >= 0.3 is 29.6 Å². The summed E-state index contributed by atoms with van der Waals surface area (Å²) in [6.07, 6.45) is 17.0. The van der Waals surface area contributed by atoms with E-state index in [0.717, 1.165) is 51.4 Å². The molecule has 0 aliphatic carbocycles. The van der Waals surface area contributed by atoms with E-state index in [1.54, 1.807) is 0 Å². The molecule has 0 fully saturated rings. The van der Waals surface area contributed by atoms with E-state index in [-0.39, 0.29) is 35.7 Å². The molecule has 0 aliphatic heterocycles. The van der Waals surface area contributed by atoms with Crippen LogP contribution < -0.4 is 29.6 Å². The predicted octanol–water partition coefficient (Wildman–Crippen LogP) is 2.94. The Labute approximate surface area is 191 Å². The first-order chi connectivity index (χ1) is 12.4. The van der Waals surface area contributed by atoms with Gasteiger partial charge in [-0.15, -0.1) is 0 Å². The van der Waals surface area contributed by atoms with Crippen molar-refractivity contribution in [2.75, 3.05) is 0 Å². The van der Waals surface area contributed by atoms with Gasteiger partial charge in [0.05, 0.1) is 16.2 Å². The minimum absolute atomic E-state index is 0. The fraction of sp³-hybridized carbons (Fsp3) is 1.00. The van der Waals surface area contributed by atoms with E-state index < -0.39 is 15.4 Å². The molecule has 2 atom stereocenters. The largest absolute Gasteiger partial charge is 1.00 e. The van der Waals surface area contributed by atoms with Crippen LogP contribution in [0.4, 0.5) is 0 Å². The first-order valence-corrected chi connectivity index (χ1v) is 12.5. The molecule has 4 nitrogen and oxygen atoms in total. The molecule has 27 heavy (non-hydrogen) atoms. The monoisotopic (exact) mass is 414 g/mol. The molecule has 0 rings (SSSR count). The fourth-order valence-corrected chi connectivity index (χ4v) is 4.34. The maximum Gasteiger partial charge on any atom is 1.00 e. The Bertz CT molecular complexity index is 401. The van der Waals surface area contributed by atoms with Crippen molar-refractivity contribution in [1.29, 1.82) is 0 Å². The maximum absolute atomic E-state index is 11.4. The summed E-state index contributed by atoms with van der Waals surface area (Å²) in [4.78, 5) is 0. The van der Waals surface area contributed by atoms with Crippen LogP contribution >= 0.6 is 0 Å². The van der Waals surface area contributed by atoms with Crippen molar-refractivity contribution < 1.29 is 47.6 Å². The average Bonchev–Trinajstić information content (AvgIpc) is 2.59. The summed E-state index contributed by atoms with van der Waals surface area (Å²) < 4.78 is 34.3. The van der Waals surface area contributed by atoms with Gasteiger partial charge in [0.1, 0.15) is 0 Å². The second-order valence-electron chi connectivity index (χ2n) is 7.79. The van der Waals surface area contributed by atoms with E-state index in [1.165, 1.54) is 44.9 Å². The molecule has 0 saturated carbocycles. The molecule has 0 amide bonds. The second-order valence-corrected chi connectivity index (χ2v) is 9.44. The van der Waals surface area contributed by atoms with Crippen LogP contribution in [0.2, 0.25) is 0 Å². The van der Waals surface area contributed by atoms with E-state index in [2.05, 4.69) is 6.92 Å². The van der Waals surface area contributed by atoms with E-state index in [0.29, 0.717) is 12.8 Å². The van der Waals surface area contributed by atoms with Gasteiger partial charge in [0.25, 0.3) is 0 Å². The minimum Gasteiger partial charge on any atom is -0.748 e. The molecule has 0 aromatic carbocycles. The van der Waals surface area contributed by atoms with Gasteiger partial charge in [-0.05, 0) is 25.7 Å². The van der Waals surface area contributed by atoms with Gasteiger partial charge in [0.2, 0.25) is 0 Å². The van der Waals surface area contributed by atoms with Crippen LogP contribution in [0.25, 0.3) is 0 Å². The molecule has 0 aliphatic rings. The molecule has 0 aromatic heterocycles. The van der Waals surface area contributed by atoms with Crippen LogP contribution in [-0.2, 0) is 10.1 Å². The number of aliphatic hydroxyl groups is 1. The summed E-state index contributed by atoms with van der Waals surface area (Å²) in [5.41, 5.74) is 0. The van der Waals surface area contributed by atoms with Crippen molar-refractivity contribution in [3.8, 4) is 0 Å². The second kappa shape index (κ2) is 20.2. The molecular weight excluding hydrogens is 371 g/mol. The van der Waals surface area contributed by atoms with Crippen molar-refractivity contribution in [2.24, 2.45) is 0 Å². The van der Waals surface area contributed by atoms with Crippen molar-refractivity contribution in [3.63, 3.8) is 0 Å². The van der Waals surface area contributed by atoms with Gasteiger partial charge in [0, 0.05) is 5.25 Å². The molecule has 0 radical (unpaired) electrons. The first kappa shape index (κ1) is 30.1. The van der Waals surface area contributed by atoms with Gasteiger partial charge in [-0.2, -0.15) is 0 Å².